The van der Waals surface area contributed by atoms with Gasteiger partial charge in [0, 0.05) is 4.47 Å². The van der Waals surface area contributed by atoms with Gasteiger partial charge in [0.05, 0.1) is 11.7 Å². The summed E-state index contributed by atoms with van der Waals surface area (Å²) in [5.74, 6) is 1.30. The molecule has 0 amide bonds. The molecule has 1 aliphatic rings. The Bertz CT molecular complexity index is 419. The van der Waals surface area contributed by atoms with Crippen LogP contribution in [-0.4, -0.2) is 16.8 Å². The lowest BCUT2D eigenvalue weighted by molar-refractivity contribution is -0.0673. The number of halogens is 1. The molecule has 1 saturated carbocycles. The molecule has 0 saturated heterocycles. The zero-order valence-electron chi connectivity index (χ0n) is 11.5. The van der Waals surface area contributed by atoms with Gasteiger partial charge in [0.2, 0.25) is 0 Å². The third kappa shape index (κ3) is 2.89. The third-order valence-corrected chi connectivity index (χ3v) is 5.06. The minimum absolute atomic E-state index is 0.251. The smallest absolute Gasteiger partial charge is 0.120 e. The van der Waals surface area contributed by atoms with Crippen LogP contribution in [0.4, 0.5) is 0 Å². The van der Waals surface area contributed by atoms with Crippen molar-refractivity contribution < 1.29 is 9.84 Å². The Hall–Kier alpha value is -0.540. The van der Waals surface area contributed by atoms with E-state index in [1.54, 1.807) is 0 Å². The first-order chi connectivity index (χ1) is 8.27. The van der Waals surface area contributed by atoms with Crippen LogP contribution in [0.2, 0.25) is 0 Å². The summed E-state index contributed by atoms with van der Waals surface area (Å²) < 4.78 is 7.11. The maximum absolute atomic E-state index is 9.88. The predicted molar refractivity (Wildman–Crippen MR) is 77.1 cm³/mol. The largest absolute Gasteiger partial charge is 0.490 e. The van der Waals surface area contributed by atoms with E-state index in [4.69, 9.17) is 4.74 Å². The number of hydrogen-bond donors (Lipinski definition) is 1. The number of aryl methyl sites for hydroxylation is 2. The molecular weight excluding hydrogens is 292 g/mol. The van der Waals surface area contributed by atoms with Crippen molar-refractivity contribution in [3.63, 3.8) is 0 Å². The molecule has 0 heterocycles. The molecule has 0 atom stereocenters. The first kappa shape index (κ1) is 13.9. The van der Waals surface area contributed by atoms with Gasteiger partial charge in [-0.05, 0) is 69.7 Å². The molecule has 2 nitrogen and oxygen atoms in total. The van der Waals surface area contributed by atoms with Crippen LogP contribution in [0, 0.1) is 19.8 Å². The SMILES string of the molecule is Cc1cc(O[C@H]2C[C@H](C(C)(C)O)C2)cc(C)c1Br. The van der Waals surface area contributed by atoms with Gasteiger partial charge in [-0.1, -0.05) is 15.9 Å². The van der Waals surface area contributed by atoms with E-state index in [-0.39, 0.29) is 6.10 Å². The van der Waals surface area contributed by atoms with Crippen LogP contribution in [0.5, 0.6) is 5.75 Å². The lowest BCUT2D eigenvalue weighted by atomic mass is 9.72. The van der Waals surface area contributed by atoms with Gasteiger partial charge in [0.15, 0.2) is 0 Å². The minimum Gasteiger partial charge on any atom is -0.490 e. The normalized spacial score (nSPS) is 23.7. The van der Waals surface area contributed by atoms with E-state index in [1.165, 1.54) is 11.1 Å². The number of rotatable bonds is 3. The van der Waals surface area contributed by atoms with Crippen molar-refractivity contribution in [2.24, 2.45) is 5.92 Å². The van der Waals surface area contributed by atoms with Gasteiger partial charge in [-0.3, -0.25) is 0 Å². The molecule has 1 aliphatic carbocycles. The maximum atomic E-state index is 9.88. The first-order valence-corrected chi connectivity index (χ1v) is 7.22. The summed E-state index contributed by atoms with van der Waals surface area (Å²) in [4.78, 5) is 0. The quantitative estimate of drug-likeness (QED) is 0.914. The zero-order valence-corrected chi connectivity index (χ0v) is 13.0. The average molecular weight is 313 g/mol. The van der Waals surface area contributed by atoms with E-state index < -0.39 is 5.60 Å². The van der Waals surface area contributed by atoms with Crippen molar-refractivity contribution in [1.82, 2.24) is 0 Å². The van der Waals surface area contributed by atoms with Crippen LogP contribution in [0.15, 0.2) is 16.6 Å². The molecule has 18 heavy (non-hydrogen) atoms. The number of benzene rings is 1. The fourth-order valence-corrected chi connectivity index (χ4v) is 2.63. The fourth-order valence-electron chi connectivity index (χ4n) is 2.41. The molecule has 0 aromatic heterocycles. The van der Waals surface area contributed by atoms with Crippen molar-refractivity contribution in [3.8, 4) is 5.75 Å². The highest BCUT2D eigenvalue weighted by Gasteiger charge is 2.40. The van der Waals surface area contributed by atoms with Gasteiger partial charge in [0.25, 0.3) is 0 Å². The Morgan fingerprint density at radius 3 is 2.17 bits per heavy atom. The molecule has 2 rings (SSSR count). The summed E-state index contributed by atoms with van der Waals surface area (Å²) in [6.07, 6.45) is 2.14. The van der Waals surface area contributed by atoms with Crippen LogP contribution in [-0.2, 0) is 0 Å². The lowest BCUT2D eigenvalue weighted by Crippen LogP contribution is -2.45. The van der Waals surface area contributed by atoms with Crippen molar-refractivity contribution in [3.05, 3.63) is 27.7 Å². The van der Waals surface area contributed by atoms with Gasteiger partial charge in [0.1, 0.15) is 5.75 Å². The van der Waals surface area contributed by atoms with E-state index >= 15 is 0 Å². The van der Waals surface area contributed by atoms with Crippen molar-refractivity contribution in [2.75, 3.05) is 0 Å². The topological polar surface area (TPSA) is 29.5 Å². The molecule has 1 aromatic rings. The number of aliphatic hydroxyl groups is 1. The van der Waals surface area contributed by atoms with Gasteiger partial charge >= 0.3 is 0 Å². The van der Waals surface area contributed by atoms with Gasteiger partial charge in [-0.25, -0.2) is 0 Å². The molecule has 1 N–H and O–H groups in total. The molecule has 3 heteroatoms. The van der Waals surface area contributed by atoms with E-state index in [9.17, 15) is 5.11 Å². The molecule has 0 spiro atoms. The van der Waals surface area contributed by atoms with Crippen LogP contribution in [0.1, 0.15) is 37.8 Å². The van der Waals surface area contributed by atoms with Gasteiger partial charge < -0.3 is 9.84 Å². The van der Waals surface area contributed by atoms with Crippen LogP contribution < -0.4 is 4.74 Å². The van der Waals surface area contributed by atoms with Crippen LogP contribution in [0.25, 0.3) is 0 Å². The summed E-state index contributed by atoms with van der Waals surface area (Å²) in [5, 5.41) is 9.88. The lowest BCUT2D eigenvalue weighted by Gasteiger charge is -2.42. The predicted octanol–water partition coefficient (Wildman–Crippen LogP) is 3.99. The summed E-state index contributed by atoms with van der Waals surface area (Å²) >= 11 is 3.56. The molecule has 1 aromatic carbocycles. The number of ether oxygens (including phenoxy) is 1. The van der Waals surface area contributed by atoms with E-state index in [0.29, 0.717) is 5.92 Å². The Labute approximate surface area is 117 Å². The second-order valence-electron chi connectivity index (χ2n) is 5.93. The van der Waals surface area contributed by atoms with Crippen molar-refractivity contribution in [1.29, 1.82) is 0 Å². The minimum atomic E-state index is -0.578. The monoisotopic (exact) mass is 312 g/mol. The highest BCUT2D eigenvalue weighted by Crippen LogP contribution is 2.39. The van der Waals surface area contributed by atoms with E-state index in [2.05, 4.69) is 41.9 Å². The second-order valence-corrected chi connectivity index (χ2v) is 6.73. The summed E-state index contributed by atoms with van der Waals surface area (Å²) in [6, 6.07) is 4.13. The molecule has 0 aliphatic heterocycles. The summed E-state index contributed by atoms with van der Waals surface area (Å²) in [7, 11) is 0. The van der Waals surface area contributed by atoms with Crippen LogP contribution in [0.3, 0.4) is 0 Å². The molecular formula is C15H21BrO2. The molecule has 0 unspecified atom stereocenters. The highest BCUT2D eigenvalue weighted by atomic mass is 79.9. The van der Waals surface area contributed by atoms with E-state index in [1.807, 2.05) is 13.8 Å². The summed E-state index contributed by atoms with van der Waals surface area (Å²) in [5.41, 5.74) is 1.82. The van der Waals surface area contributed by atoms with E-state index in [0.717, 1.165) is 23.1 Å². The Balaban J connectivity index is 1.97. The second kappa shape index (κ2) is 4.86. The zero-order chi connectivity index (χ0) is 13.5. The Kier molecular flexibility index (Phi) is 3.75. The third-order valence-electron chi connectivity index (χ3n) is 3.81. The van der Waals surface area contributed by atoms with Crippen LogP contribution >= 0.6 is 15.9 Å². The molecule has 1 fully saturated rings. The standard InChI is InChI=1S/C15H21BrO2/c1-9-5-12(6-10(2)14(9)16)18-13-7-11(8-13)15(3,4)17/h5-6,11,13,17H,7-8H2,1-4H3/t11-,13-. The van der Waals surface area contributed by atoms with Crippen molar-refractivity contribution >= 4 is 15.9 Å². The fraction of sp³-hybridized carbons (Fsp3) is 0.600. The molecule has 0 bridgehead atoms. The molecule has 0 radical (unpaired) electrons. The van der Waals surface area contributed by atoms with Crippen molar-refractivity contribution in [2.45, 2.75) is 52.2 Å². The Morgan fingerprint density at radius 1 is 1.22 bits per heavy atom. The van der Waals surface area contributed by atoms with Gasteiger partial charge in [-0.2, -0.15) is 0 Å². The van der Waals surface area contributed by atoms with Gasteiger partial charge in [-0.15, -0.1) is 0 Å². The Morgan fingerprint density at radius 2 is 1.72 bits per heavy atom. The number of hydrogen-bond acceptors (Lipinski definition) is 2. The highest BCUT2D eigenvalue weighted by molar-refractivity contribution is 9.10. The maximum Gasteiger partial charge on any atom is 0.120 e. The average Bonchev–Trinajstić information content (AvgIpc) is 2.17. The first-order valence-electron chi connectivity index (χ1n) is 6.43. The molecule has 100 valence electrons. The summed E-state index contributed by atoms with van der Waals surface area (Å²) in [6.45, 7) is 7.90.